The van der Waals surface area contributed by atoms with Crippen LogP contribution in [-0.4, -0.2) is 12.1 Å². The molecule has 0 radical (unpaired) electrons. The van der Waals surface area contributed by atoms with Gasteiger partial charge in [0.15, 0.2) is 0 Å². The largest absolute Gasteiger partial charge is 0.461 e. The molecule has 0 bridgehead atoms. The maximum atomic E-state index is 12.7. The van der Waals surface area contributed by atoms with E-state index in [1.54, 1.807) is 25.2 Å². The molecule has 0 saturated heterocycles. The van der Waals surface area contributed by atoms with Gasteiger partial charge in [-0.2, -0.15) is 13.2 Å². The van der Waals surface area contributed by atoms with Crippen LogP contribution in [0.5, 0.6) is 0 Å². The molecule has 1 aliphatic rings. The quantitative estimate of drug-likeness (QED) is 0.494. The summed E-state index contributed by atoms with van der Waals surface area (Å²) in [5.41, 5.74) is 2.35. The second-order valence-corrected chi connectivity index (χ2v) is 8.87. The Kier molecular flexibility index (Phi) is 5.65. The predicted octanol–water partition coefficient (Wildman–Crippen LogP) is 6.72. The van der Waals surface area contributed by atoms with Gasteiger partial charge in [0, 0.05) is 4.88 Å². The lowest BCUT2D eigenvalue weighted by atomic mass is 10.0. The number of thiophene rings is 1. The molecule has 28 heavy (non-hydrogen) atoms. The third kappa shape index (κ3) is 4.13. The lowest BCUT2D eigenvalue weighted by Crippen LogP contribution is -2.11. The third-order valence-corrected chi connectivity index (χ3v) is 6.61. The van der Waals surface area contributed by atoms with Crippen molar-refractivity contribution in [1.82, 2.24) is 0 Å². The van der Waals surface area contributed by atoms with Crippen molar-refractivity contribution in [2.45, 2.75) is 33.6 Å². The van der Waals surface area contributed by atoms with Crippen LogP contribution in [0.2, 0.25) is 0 Å². The van der Waals surface area contributed by atoms with Crippen LogP contribution in [0.25, 0.3) is 10.4 Å². The number of hydrogen-bond acceptors (Lipinski definition) is 3. The number of carbonyl (C=O) groups is 1. The van der Waals surface area contributed by atoms with Crippen molar-refractivity contribution in [2.24, 2.45) is 17.3 Å². The third-order valence-electron chi connectivity index (χ3n) is 5.36. The van der Waals surface area contributed by atoms with E-state index in [4.69, 9.17) is 16.3 Å². The molecule has 0 spiro atoms. The first kappa shape index (κ1) is 20.9. The molecule has 2 aromatic rings. The van der Waals surface area contributed by atoms with E-state index in [2.05, 4.69) is 0 Å². The van der Waals surface area contributed by atoms with Crippen molar-refractivity contribution in [3.05, 3.63) is 57.9 Å². The zero-order valence-corrected chi connectivity index (χ0v) is 17.2. The molecule has 1 aliphatic carbocycles. The molecule has 1 heterocycles. The fraction of sp³-hybridized carbons (Fsp3) is 0.381. The smallest absolute Gasteiger partial charge is 0.426 e. The number of allylic oxidation sites excluding steroid dienone is 2. The van der Waals surface area contributed by atoms with Crippen LogP contribution >= 0.6 is 22.9 Å². The van der Waals surface area contributed by atoms with Gasteiger partial charge in [-0.25, -0.2) is 0 Å². The summed E-state index contributed by atoms with van der Waals surface area (Å²) < 4.78 is 43.5. The summed E-state index contributed by atoms with van der Waals surface area (Å²) in [7, 11) is 0. The van der Waals surface area contributed by atoms with Gasteiger partial charge in [-0.1, -0.05) is 55.8 Å². The van der Waals surface area contributed by atoms with Crippen molar-refractivity contribution < 1.29 is 22.7 Å². The Hall–Kier alpha value is -1.79. The van der Waals surface area contributed by atoms with Crippen LogP contribution in [0.15, 0.2) is 46.8 Å². The summed E-state index contributed by atoms with van der Waals surface area (Å²) in [4.78, 5) is 13.6. The van der Waals surface area contributed by atoms with Crippen molar-refractivity contribution in [1.29, 1.82) is 0 Å². The highest BCUT2D eigenvalue weighted by Gasteiger charge is 2.62. The highest BCUT2D eigenvalue weighted by Crippen LogP contribution is 2.60. The molecule has 1 saturated carbocycles. The fourth-order valence-corrected chi connectivity index (χ4v) is 4.41. The Balaban J connectivity index is 1.69. The molecule has 2 atom stereocenters. The Labute approximate surface area is 171 Å². The highest BCUT2D eigenvalue weighted by atomic mass is 35.5. The zero-order chi connectivity index (χ0) is 20.7. The van der Waals surface area contributed by atoms with E-state index in [0.29, 0.717) is 0 Å². The summed E-state index contributed by atoms with van der Waals surface area (Å²) in [6, 6.07) is 9.80. The number of hydrogen-bond donors (Lipinski definition) is 0. The summed E-state index contributed by atoms with van der Waals surface area (Å²) in [6.45, 7) is 5.53. The first-order chi connectivity index (χ1) is 13.0. The van der Waals surface area contributed by atoms with Gasteiger partial charge in [0.25, 0.3) is 0 Å². The van der Waals surface area contributed by atoms with Gasteiger partial charge in [0.1, 0.15) is 11.6 Å². The summed E-state index contributed by atoms with van der Waals surface area (Å²) in [6.07, 6.45) is -3.68. The number of halogens is 4. The van der Waals surface area contributed by atoms with Gasteiger partial charge < -0.3 is 4.74 Å². The molecule has 0 aliphatic heterocycles. The number of rotatable bonds is 5. The lowest BCUT2D eigenvalue weighted by molar-refractivity contribution is -0.147. The Morgan fingerprint density at radius 1 is 1.29 bits per heavy atom. The molecular weight excluding hydrogens is 409 g/mol. The van der Waals surface area contributed by atoms with Crippen LogP contribution in [0.4, 0.5) is 13.2 Å². The highest BCUT2D eigenvalue weighted by molar-refractivity contribution is 7.13. The maximum absolute atomic E-state index is 12.7. The molecule has 1 aromatic carbocycles. The molecule has 0 amide bonds. The molecule has 1 fully saturated rings. The lowest BCUT2D eigenvalue weighted by Gasteiger charge is -2.11. The first-order valence-electron chi connectivity index (χ1n) is 8.77. The number of alkyl halides is 3. The van der Waals surface area contributed by atoms with E-state index >= 15 is 0 Å². The van der Waals surface area contributed by atoms with Gasteiger partial charge in [-0.05, 0) is 46.4 Å². The van der Waals surface area contributed by atoms with Crippen molar-refractivity contribution in [3.63, 3.8) is 0 Å². The van der Waals surface area contributed by atoms with E-state index in [0.717, 1.165) is 27.6 Å². The molecule has 2 unspecified atom stereocenters. The van der Waals surface area contributed by atoms with Gasteiger partial charge in [-0.15, -0.1) is 11.3 Å². The van der Waals surface area contributed by atoms with Gasteiger partial charge in [0.05, 0.1) is 5.92 Å². The molecule has 1 aromatic heterocycles. The predicted molar refractivity (Wildman–Crippen MR) is 105 cm³/mol. The number of carbonyl (C=O) groups excluding carboxylic acids is 1. The second kappa shape index (κ2) is 7.56. The van der Waals surface area contributed by atoms with Gasteiger partial charge >= 0.3 is 12.1 Å². The molecule has 150 valence electrons. The molecule has 3 rings (SSSR count). The van der Waals surface area contributed by atoms with E-state index in [1.807, 2.05) is 42.6 Å². The van der Waals surface area contributed by atoms with Crippen LogP contribution in [0.1, 0.15) is 25.0 Å². The van der Waals surface area contributed by atoms with Crippen LogP contribution in [0.3, 0.4) is 0 Å². The van der Waals surface area contributed by atoms with Crippen molar-refractivity contribution in [3.8, 4) is 10.4 Å². The van der Waals surface area contributed by atoms with Crippen molar-refractivity contribution in [2.75, 3.05) is 0 Å². The maximum Gasteiger partial charge on any atom is 0.426 e. The van der Waals surface area contributed by atoms with Gasteiger partial charge in [-0.3, -0.25) is 4.79 Å². The summed E-state index contributed by atoms with van der Waals surface area (Å²) >= 11 is 6.96. The number of esters is 1. The normalized spacial score (nSPS) is 21.5. The number of benzene rings is 1. The molecule has 2 nitrogen and oxygen atoms in total. The molecule has 7 heteroatoms. The summed E-state index contributed by atoms with van der Waals surface area (Å²) in [5, 5.41) is 0.802. The van der Waals surface area contributed by atoms with Crippen LogP contribution in [0, 0.1) is 24.2 Å². The monoisotopic (exact) mass is 428 g/mol. The standard InChI is InChI=1S/C21H20ClF3O2S/c1-12-13(6-4-7-14(12)16-8-5-9-28-16)11-27-19(26)18-15(20(18,2)3)10-17(22)21(23,24)25/h4-10,15,18H,11H2,1-3H3. The minimum atomic E-state index is -4.60. The minimum absolute atomic E-state index is 0.0832. The Morgan fingerprint density at radius 3 is 2.61 bits per heavy atom. The minimum Gasteiger partial charge on any atom is -0.461 e. The van der Waals surface area contributed by atoms with Crippen molar-refractivity contribution >= 4 is 28.9 Å². The van der Waals surface area contributed by atoms with Crippen LogP contribution in [-0.2, 0) is 16.1 Å². The van der Waals surface area contributed by atoms with E-state index in [9.17, 15) is 18.0 Å². The van der Waals surface area contributed by atoms with E-state index in [-0.39, 0.29) is 6.61 Å². The Bertz CT molecular complexity index is 901. The zero-order valence-electron chi connectivity index (χ0n) is 15.6. The number of ether oxygens (including phenoxy) is 1. The Morgan fingerprint density at radius 2 is 2.00 bits per heavy atom. The fourth-order valence-electron chi connectivity index (χ4n) is 3.47. The average molecular weight is 429 g/mol. The average Bonchev–Trinajstić information content (AvgIpc) is 2.98. The molecular formula is C21H20ClF3O2S. The topological polar surface area (TPSA) is 26.3 Å². The van der Waals surface area contributed by atoms with E-state index in [1.165, 1.54) is 0 Å². The SMILES string of the molecule is Cc1c(COC(=O)C2C(C=C(Cl)C(F)(F)F)C2(C)C)cccc1-c1cccs1. The van der Waals surface area contributed by atoms with Gasteiger partial charge in [0.2, 0.25) is 0 Å². The summed E-state index contributed by atoms with van der Waals surface area (Å²) in [5.74, 6) is -1.73. The second-order valence-electron chi connectivity index (χ2n) is 7.51. The van der Waals surface area contributed by atoms with Crippen LogP contribution < -0.4 is 0 Å². The van der Waals surface area contributed by atoms with E-state index < -0.39 is 34.4 Å². The first-order valence-corrected chi connectivity index (χ1v) is 10.0. The molecule has 0 N–H and O–H groups in total.